The molecule has 0 fully saturated rings. The molecule has 2 aromatic rings. The summed E-state index contributed by atoms with van der Waals surface area (Å²) in [6.45, 7) is 1.83. The SMILES string of the molecule is CCc1cc(C(=O)NS(=O)(=O)Cc2c(F)cccc2F)n[nH]1. The third-order valence-electron chi connectivity index (χ3n) is 2.89. The Morgan fingerprint density at radius 2 is 1.95 bits per heavy atom. The number of nitrogens with zero attached hydrogens (tertiary/aromatic N) is 1. The second kappa shape index (κ2) is 6.22. The summed E-state index contributed by atoms with van der Waals surface area (Å²) in [6, 6.07) is 4.40. The van der Waals surface area contributed by atoms with Crippen LogP contribution in [0.4, 0.5) is 8.78 Å². The van der Waals surface area contributed by atoms with Crippen molar-refractivity contribution in [3.8, 4) is 0 Å². The van der Waals surface area contributed by atoms with Crippen molar-refractivity contribution in [2.45, 2.75) is 19.1 Å². The van der Waals surface area contributed by atoms with Crippen LogP contribution >= 0.6 is 0 Å². The molecule has 0 aliphatic heterocycles. The first kappa shape index (κ1) is 16.1. The summed E-state index contributed by atoms with van der Waals surface area (Å²) in [5.74, 6) is -3.94. The number of aryl methyl sites for hydroxylation is 1. The zero-order chi connectivity index (χ0) is 16.3. The van der Waals surface area contributed by atoms with E-state index in [-0.39, 0.29) is 5.69 Å². The number of hydrogen-bond donors (Lipinski definition) is 2. The van der Waals surface area contributed by atoms with Gasteiger partial charge in [0.25, 0.3) is 5.91 Å². The zero-order valence-electron chi connectivity index (χ0n) is 11.6. The van der Waals surface area contributed by atoms with Crippen LogP contribution in [0.25, 0.3) is 0 Å². The van der Waals surface area contributed by atoms with Crippen molar-refractivity contribution in [3.63, 3.8) is 0 Å². The maximum atomic E-state index is 13.5. The van der Waals surface area contributed by atoms with Crippen LogP contribution in [-0.4, -0.2) is 24.5 Å². The van der Waals surface area contributed by atoms with E-state index in [0.717, 1.165) is 18.2 Å². The lowest BCUT2D eigenvalue weighted by atomic mass is 10.2. The number of sulfonamides is 1. The van der Waals surface area contributed by atoms with Crippen LogP contribution in [0.1, 0.15) is 28.7 Å². The number of aromatic amines is 1. The monoisotopic (exact) mass is 329 g/mol. The summed E-state index contributed by atoms with van der Waals surface area (Å²) in [5.41, 5.74) is -0.0869. The van der Waals surface area contributed by atoms with E-state index >= 15 is 0 Å². The van der Waals surface area contributed by atoms with Crippen LogP contribution in [-0.2, 0) is 22.2 Å². The molecule has 1 aromatic carbocycles. The third kappa shape index (κ3) is 3.67. The van der Waals surface area contributed by atoms with Crippen molar-refractivity contribution in [2.24, 2.45) is 0 Å². The molecule has 0 atom stereocenters. The average molecular weight is 329 g/mol. The van der Waals surface area contributed by atoms with E-state index < -0.39 is 38.9 Å². The summed E-state index contributed by atoms with van der Waals surface area (Å²) in [7, 11) is -4.26. The number of carbonyl (C=O) groups excluding carboxylic acids is 1. The summed E-state index contributed by atoms with van der Waals surface area (Å²) in [5, 5.41) is 6.23. The number of aromatic nitrogens is 2. The molecule has 0 saturated carbocycles. The Morgan fingerprint density at radius 3 is 2.50 bits per heavy atom. The Kier molecular flexibility index (Phi) is 4.55. The molecule has 9 heteroatoms. The molecule has 2 N–H and O–H groups in total. The first-order valence-electron chi connectivity index (χ1n) is 6.34. The van der Waals surface area contributed by atoms with Gasteiger partial charge in [-0.15, -0.1) is 0 Å². The number of hydrogen-bond acceptors (Lipinski definition) is 4. The molecule has 0 saturated heterocycles. The van der Waals surface area contributed by atoms with E-state index in [1.54, 1.807) is 4.72 Å². The molecule has 0 radical (unpaired) electrons. The number of nitrogens with one attached hydrogen (secondary N) is 2. The lowest BCUT2D eigenvalue weighted by molar-refractivity contribution is 0.0976. The summed E-state index contributed by atoms with van der Waals surface area (Å²) < 4.78 is 52.4. The van der Waals surface area contributed by atoms with Crippen molar-refractivity contribution in [1.29, 1.82) is 0 Å². The maximum absolute atomic E-state index is 13.5. The third-order valence-corrected chi connectivity index (χ3v) is 4.05. The van der Waals surface area contributed by atoms with Crippen molar-refractivity contribution in [2.75, 3.05) is 0 Å². The number of carbonyl (C=O) groups is 1. The van der Waals surface area contributed by atoms with Gasteiger partial charge in [0.1, 0.15) is 17.4 Å². The van der Waals surface area contributed by atoms with Crippen molar-refractivity contribution >= 4 is 15.9 Å². The van der Waals surface area contributed by atoms with Gasteiger partial charge >= 0.3 is 0 Å². The highest BCUT2D eigenvalue weighted by Crippen LogP contribution is 2.15. The van der Waals surface area contributed by atoms with Crippen LogP contribution in [0.2, 0.25) is 0 Å². The van der Waals surface area contributed by atoms with Gasteiger partial charge in [-0.2, -0.15) is 5.10 Å². The van der Waals surface area contributed by atoms with Gasteiger partial charge in [0.05, 0.1) is 0 Å². The van der Waals surface area contributed by atoms with E-state index in [1.165, 1.54) is 6.07 Å². The minimum absolute atomic E-state index is 0.116. The smallest absolute Gasteiger partial charge is 0.282 e. The Bertz CT molecular complexity index is 782. The van der Waals surface area contributed by atoms with Crippen molar-refractivity contribution in [3.05, 3.63) is 52.9 Å². The second-order valence-corrected chi connectivity index (χ2v) is 6.24. The molecule has 1 amide bonds. The Morgan fingerprint density at radius 1 is 1.32 bits per heavy atom. The van der Waals surface area contributed by atoms with Crippen LogP contribution in [0, 0.1) is 11.6 Å². The summed E-state index contributed by atoms with van der Waals surface area (Å²) in [4.78, 5) is 11.8. The van der Waals surface area contributed by atoms with E-state index in [2.05, 4.69) is 10.2 Å². The fourth-order valence-electron chi connectivity index (χ4n) is 1.75. The van der Waals surface area contributed by atoms with Gasteiger partial charge in [-0.25, -0.2) is 21.9 Å². The highest BCUT2D eigenvalue weighted by atomic mass is 32.2. The van der Waals surface area contributed by atoms with Gasteiger partial charge in [0.2, 0.25) is 10.0 Å². The van der Waals surface area contributed by atoms with Crippen LogP contribution in [0.15, 0.2) is 24.3 Å². The van der Waals surface area contributed by atoms with Gasteiger partial charge in [-0.05, 0) is 24.6 Å². The fourth-order valence-corrected chi connectivity index (χ4v) is 2.86. The zero-order valence-corrected chi connectivity index (χ0v) is 12.4. The van der Waals surface area contributed by atoms with Gasteiger partial charge < -0.3 is 0 Å². The molecule has 2 rings (SSSR count). The summed E-state index contributed by atoms with van der Waals surface area (Å²) in [6.07, 6.45) is 0.591. The second-order valence-electron chi connectivity index (χ2n) is 4.52. The van der Waals surface area contributed by atoms with Crippen molar-refractivity contribution < 1.29 is 22.0 Å². The van der Waals surface area contributed by atoms with Crippen LogP contribution < -0.4 is 4.72 Å². The van der Waals surface area contributed by atoms with Gasteiger partial charge in [-0.1, -0.05) is 13.0 Å². The fraction of sp³-hybridized carbons (Fsp3) is 0.231. The highest BCUT2D eigenvalue weighted by molar-refractivity contribution is 7.89. The number of halogens is 2. The van der Waals surface area contributed by atoms with Gasteiger partial charge in [-0.3, -0.25) is 9.89 Å². The van der Waals surface area contributed by atoms with E-state index in [9.17, 15) is 22.0 Å². The summed E-state index contributed by atoms with van der Waals surface area (Å²) >= 11 is 0. The highest BCUT2D eigenvalue weighted by Gasteiger charge is 2.22. The number of benzene rings is 1. The van der Waals surface area contributed by atoms with Crippen LogP contribution in [0.3, 0.4) is 0 Å². The number of amides is 1. The standard InChI is InChI=1S/C13H13F2N3O3S/c1-2-8-6-12(17-16-8)13(19)18-22(20,21)7-9-10(14)4-3-5-11(9)15/h3-6H,2,7H2,1H3,(H,16,17)(H,18,19). The molecular weight excluding hydrogens is 316 g/mol. The molecule has 1 aromatic heterocycles. The van der Waals surface area contributed by atoms with E-state index in [4.69, 9.17) is 0 Å². The molecular formula is C13H13F2N3O3S. The Hall–Kier alpha value is -2.29. The Labute approximate surface area is 125 Å². The molecule has 118 valence electrons. The maximum Gasteiger partial charge on any atom is 0.285 e. The lowest BCUT2D eigenvalue weighted by Gasteiger charge is -2.07. The average Bonchev–Trinajstić information content (AvgIpc) is 2.91. The molecule has 0 bridgehead atoms. The van der Waals surface area contributed by atoms with Crippen molar-refractivity contribution in [1.82, 2.24) is 14.9 Å². The minimum Gasteiger partial charge on any atom is -0.282 e. The molecule has 0 aliphatic rings. The van der Waals surface area contributed by atoms with Gasteiger partial charge in [0.15, 0.2) is 5.69 Å². The predicted molar refractivity (Wildman–Crippen MR) is 74.4 cm³/mol. The predicted octanol–water partition coefficient (Wildman–Crippen LogP) is 1.51. The number of H-pyrrole nitrogens is 1. The van der Waals surface area contributed by atoms with E-state index in [1.807, 2.05) is 6.92 Å². The van der Waals surface area contributed by atoms with Crippen LogP contribution in [0.5, 0.6) is 0 Å². The quantitative estimate of drug-likeness (QED) is 0.870. The first-order valence-corrected chi connectivity index (χ1v) is 7.99. The largest absolute Gasteiger partial charge is 0.285 e. The topological polar surface area (TPSA) is 91.9 Å². The lowest BCUT2D eigenvalue weighted by Crippen LogP contribution is -2.32. The first-order chi connectivity index (χ1) is 10.3. The molecule has 0 aliphatic carbocycles. The van der Waals surface area contributed by atoms with Gasteiger partial charge in [0, 0.05) is 11.3 Å². The number of rotatable bonds is 5. The molecule has 0 spiro atoms. The Balaban J connectivity index is 2.16. The molecule has 1 heterocycles. The minimum atomic E-state index is -4.26. The molecule has 22 heavy (non-hydrogen) atoms. The molecule has 6 nitrogen and oxygen atoms in total. The van der Waals surface area contributed by atoms with E-state index in [0.29, 0.717) is 12.1 Å². The molecule has 0 unspecified atom stereocenters. The normalized spacial score (nSPS) is 11.4.